The lowest BCUT2D eigenvalue weighted by molar-refractivity contribution is -0.141. The largest absolute Gasteiger partial charge is 0.434 e. The van der Waals surface area contributed by atoms with Gasteiger partial charge in [-0.3, -0.25) is 0 Å². The van der Waals surface area contributed by atoms with Gasteiger partial charge in [0, 0.05) is 37.8 Å². The summed E-state index contributed by atoms with van der Waals surface area (Å²) in [7, 11) is 2.02. The molecule has 0 unspecified atom stereocenters. The number of rotatable bonds is 5. The second-order valence-electron chi connectivity index (χ2n) is 6.81. The summed E-state index contributed by atoms with van der Waals surface area (Å²) in [6.07, 6.45) is -0.981. The van der Waals surface area contributed by atoms with E-state index in [0.717, 1.165) is 49.1 Å². The summed E-state index contributed by atoms with van der Waals surface area (Å²) < 4.78 is 45.3. The Morgan fingerprint density at radius 3 is 2.84 bits per heavy atom. The standard InChI is InChI=1S/C17H23F3N4O/c1-4-14-13(11(2)25-22-14)9-23(3)7-12-5-6-16-21-15(17(18,19)20)10-24(16)8-12/h10,12H,4-9H2,1-3H3/t12-/m0/s1. The van der Waals surface area contributed by atoms with Crippen LogP contribution in [0.1, 0.15) is 41.9 Å². The molecular formula is C17H23F3N4O. The predicted octanol–water partition coefficient (Wildman–Crippen LogP) is 3.46. The lowest BCUT2D eigenvalue weighted by Gasteiger charge is -2.28. The van der Waals surface area contributed by atoms with Crippen molar-refractivity contribution in [1.82, 2.24) is 19.6 Å². The minimum atomic E-state index is -4.38. The number of aryl methyl sites for hydroxylation is 3. The van der Waals surface area contributed by atoms with Gasteiger partial charge in [0.15, 0.2) is 5.69 Å². The zero-order valence-corrected chi connectivity index (χ0v) is 14.7. The molecule has 5 nitrogen and oxygen atoms in total. The molecule has 25 heavy (non-hydrogen) atoms. The molecule has 0 saturated heterocycles. The average Bonchev–Trinajstić information content (AvgIpc) is 3.11. The van der Waals surface area contributed by atoms with Crippen molar-refractivity contribution in [2.45, 2.75) is 52.4 Å². The fourth-order valence-electron chi connectivity index (χ4n) is 3.49. The van der Waals surface area contributed by atoms with Crippen LogP contribution in [-0.4, -0.2) is 33.2 Å². The predicted molar refractivity (Wildman–Crippen MR) is 86.0 cm³/mol. The van der Waals surface area contributed by atoms with Crippen LogP contribution in [-0.2, 0) is 32.1 Å². The summed E-state index contributed by atoms with van der Waals surface area (Å²) in [4.78, 5) is 5.92. The molecule has 3 rings (SSSR count). The fraction of sp³-hybridized carbons (Fsp3) is 0.647. The van der Waals surface area contributed by atoms with Crippen molar-refractivity contribution in [1.29, 1.82) is 0 Å². The Bertz CT molecular complexity index is 735. The molecule has 1 aliphatic rings. The maximum Gasteiger partial charge on any atom is 0.434 e. The summed E-state index contributed by atoms with van der Waals surface area (Å²) in [5.74, 6) is 1.67. The van der Waals surface area contributed by atoms with Crippen LogP contribution >= 0.6 is 0 Å². The van der Waals surface area contributed by atoms with Crippen LogP contribution in [0.5, 0.6) is 0 Å². The van der Waals surface area contributed by atoms with E-state index in [0.29, 0.717) is 24.7 Å². The number of nitrogens with zero attached hydrogens (tertiary/aromatic N) is 4. The van der Waals surface area contributed by atoms with Crippen molar-refractivity contribution < 1.29 is 17.7 Å². The van der Waals surface area contributed by atoms with Crippen molar-refractivity contribution in [2.24, 2.45) is 5.92 Å². The van der Waals surface area contributed by atoms with Crippen LogP contribution in [0.15, 0.2) is 10.7 Å². The van der Waals surface area contributed by atoms with Crippen molar-refractivity contribution >= 4 is 0 Å². The molecule has 3 heterocycles. The van der Waals surface area contributed by atoms with Gasteiger partial charge in [-0.1, -0.05) is 12.1 Å². The lowest BCUT2D eigenvalue weighted by atomic mass is 9.98. The van der Waals surface area contributed by atoms with Gasteiger partial charge in [0.2, 0.25) is 0 Å². The van der Waals surface area contributed by atoms with Crippen molar-refractivity contribution in [3.05, 3.63) is 34.7 Å². The SMILES string of the molecule is CCc1noc(C)c1CN(C)C[C@@H]1CCc2nc(C(F)(F)F)cn2C1. The minimum absolute atomic E-state index is 0.304. The van der Waals surface area contributed by atoms with E-state index in [1.807, 2.05) is 20.9 Å². The van der Waals surface area contributed by atoms with E-state index in [1.165, 1.54) is 0 Å². The van der Waals surface area contributed by atoms with Gasteiger partial charge >= 0.3 is 6.18 Å². The zero-order valence-electron chi connectivity index (χ0n) is 14.7. The number of halogens is 3. The Balaban J connectivity index is 1.63. The number of hydrogen-bond donors (Lipinski definition) is 0. The molecule has 138 valence electrons. The molecule has 0 fully saturated rings. The average molecular weight is 356 g/mol. The first-order valence-electron chi connectivity index (χ1n) is 8.53. The van der Waals surface area contributed by atoms with Crippen LogP contribution in [0.25, 0.3) is 0 Å². The third-order valence-corrected chi connectivity index (χ3v) is 4.78. The van der Waals surface area contributed by atoms with Crippen molar-refractivity contribution in [2.75, 3.05) is 13.6 Å². The van der Waals surface area contributed by atoms with E-state index in [-0.39, 0.29) is 0 Å². The first kappa shape index (κ1) is 18.0. The highest BCUT2D eigenvalue weighted by Crippen LogP contribution is 2.31. The molecule has 0 bridgehead atoms. The maximum atomic E-state index is 12.8. The molecule has 8 heteroatoms. The summed E-state index contributed by atoms with van der Waals surface area (Å²) in [6, 6.07) is 0. The number of imidazole rings is 1. The maximum absolute atomic E-state index is 12.8. The van der Waals surface area contributed by atoms with E-state index in [4.69, 9.17) is 4.52 Å². The van der Waals surface area contributed by atoms with Crippen LogP contribution in [0, 0.1) is 12.8 Å². The van der Waals surface area contributed by atoms with Crippen LogP contribution in [0.4, 0.5) is 13.2 Å². The number of fused-ring (bicyclic) bond motifs is 1. The van der Waals surface area contributed by atoms with E-state index in [2.05, 4.69) is 15.0 Å². The van der Waals surface area contributed by atoms with E-state index < -0.39 is 11.9 Å². The summed E-state index contributed by atoms with van der Waals surface area (Å²) >= 11 is 0. The second-order valence-corrected chi connectivity index (χ2v) is 6.81. The Morgan fingerprint density at radius 1 is 1.40 bits per heavy atom. The zero-order chi connectivity index (χ0) is 18.2. The highest BCUT2D eigenvalue weighted by Gasteiger charge is 2.35. The normalized spacial score (nSPS) is 18.0. The van der Waals surface area contributed by atoms with Gasteiger partial charge in [-0.25, -0.2) is 4.98 Å². The van der Waals surface area contributed by atoms with Crippen molar-refractivity contribution in [3.63, 3.8) is 0 Å². The molecule has 0 saturated carbocycles. The molecule has 1 atom stereocenters. The molecule has 1 aliphatic heterocycles. The lowest BCUT2D eigenvalue weighted by Crippen LogP contribution is -2.31. The second kappa shape index (κ2) is 6.82. The first-order valence-corrected chi connectivity index (χ1v) is 8.53. The first-order chi connectivity index (χ1) is 11.8. The van der Waals surface area contributed by atoms with E-state index >= 15 is 0 Å². The topological polar surface area (TPSA) is 47.1 Å². The highest BCUT2D eigenvalue weighted by atomic mass is 19.4. The molecule has 0 spiro atoms. The van der Waals surface area contributed by atoms with Gasteiger partial charge in [0.05, 0.1) is 5.69 Å². The molecule has 2 aromatic rings. The number of alkyl halides is 3. The molecule has 2 aromatic heterocycles. The van der Waals surface area contributed by atoms with E-state index in [1.54, 1.807) is 4.57 Å². The summed E-state index contributed by atoms with van der Waals surface area (Å²) in [5, 5.41) is 4.07. The van der Waals surface area contributed by atoms with Crippen LogP contribution in [0.3, 0.4) is 0 Å². The molecule has 0 N–H and O–H groups in total. The number of aromatic nitrogens is 3. The molecule has 0 radical (unpaired) electrons. The third kappa shape index (κ3) is 3.89. The summed E-state index contributed by atoms with van der Waals surface area (Å²) in [5.41, 5.74) is 1.30. The van der Waals surface area contributed by atoms with Gasteiger partial charge in [-0.15, -0.1) is 0 Å². The molecule has 0 aromatic carbocycles. The van der Waals surface area contributed by atoms with Gasteiger partial charge in [-0.05, 0) is 32.7 Å². The third-order valence-electron chi connectivity index (χ3n) is 4.78. The Hall–Kier alpha value is -1.83. The molecule has 0 aliphatic carbocycles. The van der Waals surface area contributed by atoms with Crippen molar-refractivity contribution in [3.8, 4) is 0 Å². The van der Waals surface area contributed by atoms with Gasteiger partial charge in [-0.2, -0.15) is 13.2 Å². The monoisotopic (exact) mass is 356 g/mol. The van der Waals surface area contributed by atoms with Crippen LogP contribution in [0.2, 0.25) is 0 Å². The Morgan fingerprint density at radius 2 is 2.16 bits per heavy atom. The van der Waals surface area contributed by atoms with Gasteiger partial charge in [0.25, 0.3) is 0 Å². The summed E-state index contributed by atoms with van der Waals surface area (Å²) in [6.45, 7) is 6.07. The molecular weight excluding hydrogens is 333 g/mol. The Kier molecular flexibility index (Phi) is 4.90. The van der Waals surface area contributed by atoms with Gasteiger partial charge in [0.1, 0.15) is 11.6 Å². The smallest absolute Gasteiger partial charge is 0.361 e. The Labute approximate surface area is 144 Å². The van der Waals surface area contributed by atoms with Gasteiger partial charge < -0.3 is 14.0 Å². The minimum Gasteiger partial charge on any atom is -0.361 e. The molecule has 0 amide bonds. The van der Waals surface area contributed by atoms with Crippen LogP contribution < -0.4 is 0 Å². The number of hydrogen-bond acceptors (Lipinski definition) is 4. The quantitative estimate of drug-likeness (QED) is 0.823. The fourth-order valence-corrected chi connectivity index (χ4v) is 3.49. The highest BCUT2D eigenvalue weighted by molar-refractivity contribution is 5.21. The van der Waals surface area contributed by atoms with E-state index in [9.17, 15) is 13.2 Å².